The van der Waals surface area contributed by atoms with Crippen LogP contribution in [0.1, 0.15) is 13.3 Å². The Morgan fingerprint density at radius 1 is 1.31 bits per heavy atom. The number of phosphoric ester groups is 1. The molecule has 0 rings (SSSR count). The first kappa shape index (κ1) is 30.3. The SMILES string of the molecule is CCCOP(=O)(O)ON.[NaH].[NaH].[NaH].[NaH]. The molecule has 0 saturated carbocycles. The van der Waals surface area contributed by atoms with E-state index in [9.17, 15) is 4.57 Å². The molecule has 10 heteroatoms. The topological polar surface area (TPSA) is 81.8 Å². The van der Waals surface area contributed by atoms with Crippen LogP contribution in [-0.4, -0.2) is 130 Å². The zero-order valence-corrected chi connectivity index (χ0v) is 6.01. The maximum absolute atomic E-state index is 10.3. The van der Waals surface area contributed by atoms with Gasteiger partial charge < -0.3 is 4.89 Å². The molecule has 0 bridgehead atoms. The molecule has 0 heterocycles. The zero-order valence-electron chi connectivity index (χ0n) is 5.11. The molecule has 1 unspecified atom stereocenters. The Kier molecular flexibility index (Phi) is 42.9. The second-order valence-electron chi connectivity index (χ2n) is 1.41. The number of rotatable bonds is 4. The summed E-state index contributed by atoms with van der Waals surface area (Å²) >= 11 is 0. The molecule has 5 nitrogen and oxygen atoms in total. The van der Waals surface area contributed by atoms with Crippen LogP contribution in [0.5, 0.6) is 0 Å². The molecule has 0 aromatic carbocycles. The fourth-order valence-electron chi connectivity index (χ4n) is 0.237. The average molecular weight is 251 g/mol. The monoisotopic (exact) mass is 251 g/mol. The predicted octanol–water partition coefficient (Wildman–Crippen LogP) is -2.19. The summed E-state index contributed by atoms with van der Waals surface area (Å²) in [5, 5.41) is 0. The molecular weight excluding hydrogens is 237 g/mol. The van der Waals surface area contributed by atoms with Gasteiger partial charge in [0.05, 0.1) is 6.61 Å². The van der Waals surface area contributed by atoms with Gasteiger partial charge in [0, 0.05) is 0 Å². The number of hydrogen-bond acceptors (Lipinski definition) is 4. The quantitative estimate of drug-likeness (QED) is 0.337. The summed E-state index contributed by atoms with van der Waals surface area (Å²) < 4.78 is 18.2. The van der Waals surface area contributed by atoms with E-state index in [2.05, 4.69) is 15.0 Å². The molecule has 3 N–H and O–H groups in total. The van der Waals surface area contributed by atoms with Crippen LogP contribution in [0, 0.1) is 0 Å². The van der Waals surface area contributed by atoms with Crippen molar-refractivity contribution in [1.82, 2.24) is 0 Å². The van der Waals surface area contributed by atoms with Crippen molar-refractivity contribution in [2.75, 3.05) is 6.61 Å². The first-order chi connectivity index (χ1) is 4.12. The third-order valence-electron chi connectivity index (χ3n) is 0.592. The molecule has 0 spiro atoms. The Morgan fingerprint density at radius 2 is 1.69 bits per heavy atom. The van der Waals surface area contributed by atoms with Crippen molar-refractivity contribution in [3.05, 3.63) is 0 Å². The molecule has 0 aromatic heterocycles. The van der Waals surface area contributed by atoms with Gasteiger partial charge in [-0.05, 0) is 6.42 Å². The number of nitrogens with two attached hydrogens (primary N) is 1. The molecule has 1 atom stereocenters. The van der Waals surface area contributed by atoms with Gasteiger partial charge in [0.25, 0.3) is 0 Å². The van der Waals surface area contributed by atoms with Gasteiger partial charge in [-0.1, -0.05) is 6.92 Å². The Bertz CT molecular complexity index is 128. The van der Waals surface area contributed by atoms with Crippen molar-refractivity contribution < 1.29 is 18.6 Å². The second-order valence-corrected chi connectivity index (χ2v) is 2.81. The fourth-order valence-corrected chi connectivity index (χ4v) is 0.711. The van der Waals surface area contributed by atoms with Crippen molar-refractivity contribution in [2.24, 2.45) is 5.90 Å². The molecular formula is C3H14NNa4O4P. The maximum atomic E-state index is 10.3. The van der Waals surface area contributed by atoms with E-state index in [4.69, 9.17) is 4.89 Å². The third-order valence-corrected chi connectivity index (χ3v) is 1.37. The molecule has 64 valence electrons. The van der Waals surface area contributed by atoms with Crippen LogP contribution in [0.25, 0.3) is 0 Å². The van der Waals surface area contributed by atoms with E-state index < -0.39 is 7.82 Å². The van der Waals surface area contributed by atoms with Crippen LogP contribution >= 0.6 is 7.82 Å². The van der Waals surface area contributed by atoms with Crippen LogP contribution < -0.4 is 5.90 Å². The average Bonchev–Trinajstić information content (AvgIpc) is 1.84. The van der Waals surface area contributed by atoms with Crippen LogP contribution in [0.3, 0.4) is 0 Å². The van der Waals surface area contributed by atoms with Gasteiger partial charge in [-0.2, -0.15) is 0 Å². The van der Waals surface area contributed by atoms with E-state index in [-0.39, 0.29) is 125 Å². The van der Waals surface area contributed by atoms with E-state index in [1.807, 2.05) is 0 Å². The van der Waals surface area contributed by atoms with Gasteiger partial charge in [-0.25, -0.2) is 15.1 Å². The van der Waals surface area contributed by atoms with Crippen LogP contribution in [-0.2, 0) is 13.7 Å². The Balaban J connectivity index is -0.0000000533. The van der Waals surface area contributed by atoms with E-state index in [1.54, 1.807) is 6.92 Å². The number of phosphoric acid groups is 1. The van der Waals surface area contributed by atoms with Gasteiger partial charge in [-0.3, -0.25) is 4.52 Å². The van der Waals surface area contributed by atoms with E-state index >= 15 is 0 Å². The predicted molar refractivity (Wildman–Crippen MR) is 59.9 cm³/mol. The molecule has 0 fully saturated rings. The summed E-state index contributed by atoms with van der Waals surface area (Å²) in [5.74, 6) is 4.41. The normalized spacial score (nSPS) is 11.9. The summed E-state index contributed by atoms with van der Waals surface area (Å²) in [6.07, 6.45) is 0.647. The molecule has 0 aliphatic heterocycles. The van der Waals surface area contributed by atoms with E-state index in [0.717, 1.165) is 0 Å². The van der Waals surface area contributed by atoms with Crippen LogP contribution in [0.4, 0.5) is 0 Å². The van der Waals surface area contributed by atoms with Crippen LogP contribution in [0.2, 0.25) is 0 Å². The van der Waals surface area contributed by atoms with Gasteiger partial charge in [0.1, 0.15) is 0 Å². The summed E-state index contributed by atoms with van der Waals surface area (Å²) in [7, 11) is -3.91. The Hall–Kier alpha value is 4.07. The first-order valence-electron chi connectivity index (χ1n) is 2.48. The van der Waals surface area contributed by atoms with Crippen LogP contribution in [0.15, 0.2) is 0 Å². The Morgan fingerprint density at radius 3 is 1.92 bits per heavy atom. The fraction of sp³-hybridized carbons (Fsp3) is 1.00. The standard InChI is InChI=1S/C3H10NO4P.4Na.4H/c1-2-3-7-9(5,6)8-4;;;;;;;;/h2-4H2,1H3,(H,5,6);;;;;;;;. The van der Waals surface area contributed by atoms with E-state index in [1.165, 1.54) is 0 Å². The van der Waals surface area contributed by atoms with Crippen molar-refractivity contribution in [1.29, 1.82) is 0 Å². The van der Waals surface area contributed by atoms with Gasteiger partial charge in [-0.15, -0.1) is 0 Å². The number of hydrogen-bond donors (Lipinski definition) is 2. The minimum absolute atomic E-state index is 0. The second kappa shape index (κ2) is 18.4. The molecule has 13 heavy (non-hydrogen) atoms. The van der Waals surface area contributed by atoms with Crippen molar-refractivity contribution in [3.63, 3.8) is 0 Å². The molecule has 0 aromatic rings. The van der Waals surface area contributed by atoms with Gasteiger partial charge in [0.15, 0.2) is 0 Å². The molecule has 0 saturated heterocycles. The Labute approximate surface area is 167 Å². The van der Waals surface area contributed by atoms with Crippen molar-refractivity contribution in [2.45, 2.75) is 13.3 Å². The van der Waals surface area contributed by atoms with E-state index in [0.29, 0.717) is 6.42 Å². The molecule has 0 amide bonds. The zero-order chi connectivity index (χ0) is 7.33. The summed E-state index contributed by atoms with van der Waals surface area (Å²) in [6, 6.07) is 0. The molecule has 0 aliphatic rings. The molecule has 0 radical (unpaired) electrons. The summed E-state index contributed by atoms with van der Waals surface area (Å²) in [6.45, 7) is 1.97. The summed E-state index contributed by atoms with van der Waals surface area (Å²) in [4.78, 5) is 8.44. The molecule has 0 aliphatic carbocycles. The third kappa shape index (κ3) is 21.8. The van der Waals surface area contributed by atoms with Gasteiger partial charge >= 0.3 is 126 Å². The summed E-state index contributed by atoms with van der Waals surface area (Å²) in [5.41, 5.74) is 0. The van der Waals surface area contributed by atoms with Crippen molar-refractivity contribution >= 4 is 126 Å². The minimum atomic E-state index is -3.91. The van der Waals surface area contributed by atoms with Gasteiger partial charge in [0.2, 0.25) is 0 Å². The first-order valence-corrected chi connectivity index (χ1v) is 3.97. The van der Waals surface area contributed by atoms with Crippen molar-refractivity contribution in [3.8, 4) is 0 Å².